The number of ether oxygens (including phenoxy) is 1. The molecule has 2 rings (SSSR count). The number of nitrogens with one attached hydrogen (secondary N) is 2. The molecule has 0 unspecified atom stereocenters. The lowest BCUT2D eigenvalue weighted by Crippen LogP contribution is -2.44. The van der Waals surface area contributed by atoms with Crippen molar-refractivity contribution in [3.63, 3.8) is 0 Å². The maximum atomic E-state index is 5.25. The zero-order valence-electron chi connectivity index (χ0n) is 12.4. The molecule has 0 bridgehead atoms. The van der Waals surface area contributed by atoms with Crippen molar-refractivity contribution in [2.75, 3.05) is 32.8 Å². The molecule has 5 heteroatoms. The van der Waals surface area contributed by atoms with E-state index >= 15 is 0 Å². The van der Waals surface area contributed by atoms with E-state index in [1.807, 2.05) is 24.4 Å². The molecule has 0 amide bonds. The molecule has 0 atom stereocenters. The number of hydrogen-bond donors (Lipinski definition) is 2. The Balaban J connectivity index is 1.78. The van der Waals surface area contributed by atoms with Gasteiger partial charge in [0.2, 0.25) is 0 Å². The molecule has 20 heavy (non-hydrogen) atoms. The molecule has 1 fully saturated rings. The smallest absolute Gasteiger partial charge is 0.191 e. The number of guanidine groups is 1. The van der Waals surface area contributed by atoms with Crippen molar-refractivity contribution in [1.29, 1.82) is 0 Å². The van der Waals surface area contributed by atoms with E-state index in [0.717, 1.165) is 50.9 Å². The molecule has 110 valence electrons. The van der Waals surface area contributed by atoms with Crippen molar-refractivity contribution >= 4 is 5.96 Å². The van der Waals surface area contributed by atoms with Crippen molar-refractivity contribution in [3.05, 3.63) is 30.1 Å². The van der Waals surface area contributed by atoms with Gasteiger partial charge in [0.05, 0.1) is 19.8 Å². The van der Waals surface area contributed by atoms with E-state index in [2.05, 4.69) is 34.5 Å². The van der Waals surface area contributed by atoms with Crippen LogP contribution in [0.1, 0.15) is 19.5 Å². The molecule has 1 aliphatic rings. The summed E-state index contributed by atoms with van der Waals surface area (Å²) in [6.45, 7) is 8.39. The summed E-state index contributed by atoms with van der Waals surface area (Å²) in [4.78, 5) is 8.94. The number of rotatable bonds is 6. The first-order valence-electron chi connectivity index (χ1n) is 7.22. The predicted octanol–water partition coefficient (Wildman–Crippen LogP) is 1.22. The van der Waals surface area contributed by atoms with Crippen molar-refractivity contribution in [2.24, 2.45) is 10.4 Å². The highest BCUT2D eigenvalue weighted by atomic mass is 16.5. The Morgan fingerprint density at radius 1 is 1.40 bits per heavy atom. The quantitative estimate of drug-likeness (QED) is 0.606. The molecule has 2 N–H and O–H groups in total. The lowest BCUT2D eigenvalue weighted by Gasteiger charge is -2.36. The van der Waals surface area contributed by atoms with Crippen LogP contribution in [0.4, 0.5) is 0 Å². The number of nitrogens with zero attached hydrogens (tertiary/aromatic N) is 2. The summed E-state index contributed by atoms with van der Waals surface area (Å²) < 4.78 is 5.25. The van der Waals surface area contributed by atoms with Gasteiger partial charge in [-0.05, 0) is 19.1 Å². The number of pyridine rings is 1. The fourth-order valence-electron chi connectivity index (χ4n) is 2.01. The molecule has 0 aliphatic carbocycles. The molecule has 1 aromatic heterocycles. The van der Waals surface area contributed by atoms with Gasteiger partial charge in [-0.2, -0.15) is 0 Å². The molecule has 0 saturated carbocycles. The fourth-order valence-corrected chi connectivity index (χ4v) is 2.01. The first-order chi connectivity index (χ1) is 9.72. The molecule has 0 aromatic carbocycles. The van der Waals surface area contributed by atoms with E-state index in [0.29, 0.717) is 0 Å². The van der Waals surface area contributed by atoms with Crippen LogP contribution in [0.2, 0.25) is 0 Å². The normalized spacial score (nSPS) is 17.4. The maximum Gasteiger partial charge on any atom is 0.191 e. The first-order valence-corrected chi connectivity index (χ1v) is 7.22. The number of aliphatic imine (C=N–C) groups is 1. The number of aromatic nitrogens is 1. The van der Waals surface area contributed by atoms with Gasteiger partial charge in [0.15, 0.2) is 5.96 Å². The molecule has 1 saturated heterocycles. The minimum Gasteiger partial charge on any atom is -0.380 e. The highest BCUT2D eigenvalue weighted by Crippen LogP contribution is 2.26. The van der Waals surface area contributed by atoms with Gasteiger partial charge in [0.25, 0.3) is 0 Å². The van der Waals surface area contributed by atoms with Crippen LogP contribution in [-0.2, 0) is 11.2 Å². The van der Waals surface area contributed by atoms with Gasteiger partial charge in [-0.15, -0.1) is 0 Å². The van der Waals surface area contributed by atoms with Crippen molar-refractivity contribution in [2.45, 2.75) is 20.3 Å². The molecular weight excluding hydrogens is 252 g/mol. The summed E-state index contributed by atoms with van der Waals surface area (Å²) in [7, 11) is 0. The van der Waals surface area contributed by atoms with Gasteiger partial charge >= 0.3 is 0 Å². The van der Waals surface area contributed by atoms with E-state index in [1.165, 1.54) is 0 Å². The highest BCUT2D eigenvalue weighted by Gasteiger charge is 2.33. The molecule has 5 nitrogen and oxygen atoms in total. The van der Waals surface area contributed by atoms with Gasteiger partial charge in [0.1, 0.15) is 0 Å². The fraction of sp³-hybridized carbons (Fsp3) is 0.600. The average Bonchev–Trinajstić information content (AvgIpc) is 2.44. The van der Waals surface area contributed by atoms with Crippen LogP contribution in [0.5, 0.6) is 0 Å². The lowest BCUT2D eigenvalue weighted by atomic mass is 9.89. The molecule has 0 radical (unpaired) electrons. The first kappa shape index (κ1) is 14.8. The standard InChI is InChI=1S/C15H24N4O/c1-3-16-14(19-10-15(2)11-20-12-15)18-9-7-13-6-4-5-8-17-13/h4-6,8H,3,7,9-12H2,1-2H3,(H2,16,18,19). The molecule has 1 aliphatic heterocycles. The third-order valence-electron chi connectivity index (χ3n) is 3.26. The minimum absolute atomic E-state index is 0.212. The average molecular weight is 276 g/mol. The minimum atomic E-state index is 0.212. The highest BCUT2D eigenvalue weighted by molar-refractivity contribution is 5.79. The summed E-state index contributed by atoms with van der Waals surface area (Å²) in [6.07, 6.45) is 2.72. The van der Waals surface area contributed by atoms with Crippen LogP contribution in [0.15, 0.2) is 29.4 Å². The van der Waals surface area contributed by atoms with E-state index in [1.54, 1.807) is 0 Å². The lowest BCUT2D eigenvalue weighted by molar-refractivity contribution is -0.0945. The van der Waals surface area contributed by atoms with Crippen molar-refractivity contribution in [1.82, 2.24) is 15.6 Å². The van der Waals surface area contributed by atoms with Gasteiger partial charge in [-0.25, -0.2) is 0 Å². The summed E-state index contributed by atoms with van der Waals surface area (Å²) in [5, 5.41) is 6.62. The van der Waals surface area contributed by atoms with Crippen LogP contribution < -0.4 is 10.6 Å². The maximum absolute atomic E-state index is 5.25. The van der Waals surface area contributed by atoms with Gasteiger partial charge < -0.3 is 15.4 Å². The Hall–Kier alpha value is -1.62. The largest absolute Gasteiger partial charge is 0.380 e. The third-order valence-corrected chi connectivity index (χ3v) is 3.26. The third kappa shape index (κ3) is 4.49. The van der Waals surface area contributed by atoms with Crippen LogP contribution in [0, 0.1) is 5.41 Å². The van der Waals surface area contributed by atoms with Gasteiger partial charge in [0, 0.05) is 36.8 Å². The monoisotopic (exact) mass is 276 g/mol. The van der Waals surface area contributed by atoms with Crippen LogP contribution in [-0.4, -0.2) is 43.8 Å². The summed E-state index contributed by atoms with van der Waals surface area (Å²) in [5.41, 5.74) is 1.30. The Labute approximate surface area is 120 Å². The van der Waals surface area contributed by atoms with E-state index in [-0.39, 0.29) is 5.41 Å². The topological polar surface area (TPSA) is 58.5 Å². The molecule has 2 heterocycles. The van der Waals surface area contributed by atoms with Crippen LogP contribution in [0.3, 0.4) is 0 Å². The van der Waals surface area contributed by atoms with Crippen molar-refractivity contribution < 1.29 is 4.74 Å². The Morgan fingerprint density at radius 2 is 2.25 bits per heavy atom. The summed E-state index contributed by atoms with van der Waals surface area (Å²) >= 11 is 0. The van der Waals surface area contributed by atoms with Crippen LogP contribution >= 0.6 is 0 Å². The molecular formula is C15H24N4O. The molecule has 0 spiro atoms. The number of hydrogen-bond acceptors (Lipinski definition) is 3. The van der Waals surface area contributed by atoms with E-state index in [9.17, 15) is 0 Å². The zero-order valence-corrected chi connectivity index (χ0v) is 12.4. The summed E-state index contributed by atoms with van der Waals surface area (Å²) in [6, 6.07) is 5.99. The zero-order chi connectivity index (χ0) is 14.3. The predicted molar refractivity (Wildman–Crippen MR) is 80.8 cm³/mol. The Bertz CT molecular complexity index is 429. The summed E-state index contributed by atoms with van der Waals surface area (Å²) in [5.74, 6) is 0.872. The van der Waals surface area contributed by atoms with Crippen molar-refractivity contribution in [3.8, 4) is 0 Å². The van der Waals surface area contributed by atoms with Gasteiger partial charge in [-0.3, -0.25) is 9.98 Å². The second kappa shape index (κ2) is 7.24. The molecule has 1 aromatic rings. The van der Waals surface area contributed by atoms with Crippen LogP contribution in [0.25, 0.3) is 0 Å². The second-order valence-electron chi connectivity index (χ2n) is 5.50. The Kier molecular flexibility index (Phi) is 5.35. The van der Waals surface area contributed by atoms with E-state index in [4.69, 9.17) is 4.74 Å². The second-order valence-corrected chi connectivity index (χ2v) is 5.50. The Morgan fingerprint density at radius 3 is 2.85 bits per heavy atom. The van der Waals surface area contributed by atoms with E-state index < -0.39 is 0 Å². The van der Waals surface area contributed by atoms with Gasteiger partial charge in [-0.1, -0.05) is 13.0 Å². The SMILES string of the molecule is CCNC(=NCC1(C)COC1)NCCc1ccccn1.